The van der Waals surface area contributed by atoms with Crippen molar-refractivity contribution in [3.8, 4) is 0 Å². The second kappa shape index (κ2) is 4.10. The molecule has 4 nitrogen and oxygen atoms in total. The minimum absolute atomic E-state index is 0.0225. The molecule has 1 heterocycles. The summed E-state index contributed by atoms with van der Waals surface area (Å²) in [5, 5.41) is -0.0225. The van der Waals surface area contributed by atoms with Crippen LogP contribution in [0.15, 0.2) is 29.2 Å². The first-order chi connectivity index (χ1) is 7.48. The summed E-state index contributed by atoms with van der Waals surface area (Å²) in [6, 6.07) is 6.48. The van der Waals surface area contributed by atoms with Crippen molar-refractivity contribution in [3.63, 3.8) is 0 Å². The second-order valence-electron chi connectivity index (χ2n) is 3.54. The average Bonchev–Trinajstić information content (AvgIpc) is 2.63. The average molecular weight is 257 g/mol. The lowest BCUT2D eigenvalue weighted by Crippen LogP contribution is -2.22. The molecule has 0 unspecified atom stereocenters. The fourth-order valence-corrected chi connectivity index (χ4v) is 2.97. The van der Waals surface area contributed by atoms with E-state index in [4.69, 9.17) is 0 Å². The first kappa shape index (κ1) is 11.5. The predicted octanol–water partition coefficient (Wildman–Crippen LogP) is 1.76. The van der Waals surface area contributed by atoms with E-state index in [1.54, 1.807) is 23.1 Å². The van der Waals surface area contributed by atoms with Gasteiger partial charge in [-0.25, -0.2) is 8.42 Å². The standard InChI is InChI=1S/C10H11NO3S2/c1-16(13,14)9-4-2-3-8(7-9)11-5-6-15-10(11)12/h2-4,7H,5-6H2,1H3. The monoisotopic (exact) mass is 257 g/mol. The molecule has 0 aromatic heterocycles. The number of nitrogens with zero attached hydrogens (tertiary/aromatic N) is 1. The lowest BCUT2D eigenvalue weighted by atomic mass is 10.3. The lowest BCUT2D eigenvalue weighted by Gasteiger charge is -2.15. The highest BCUT2D eigenvalue weighted by Gasteiger charge is 2.23. The Balaban J connectivity index is 2.40. The van der Waals surface area contributed by atoms with Crippen LogP contribution in [0.4, 0.5) is 10.5 Å². The number of benzene rings is 1. The van der Waals surface area contributed by atoms with E-state index < -0.39 is 9.84 Å². The topological polar surface area (TPSA) is 54.5 Å². The van der Waals surface area contributed by atoms with Crippen LogP contribution >= 0.6 is 11.8 Å². The summed E-state index contributed by atoms with van der Waals surface area (Å²) in [6.07, 6.45) is 1.16. The molecule has 1 saturated heterocycles. The molecular weight excluding hydrogens is 246 g/mol. The van der Waals surface area contributed by atoms with Gasteiger partial charge < -0.3 is 4.90 Å². The fraction of sp³-hybridized carbons (Fsp3) is 0.300. The Hall–Kier alpha value is -1.01. The predicted molar refractivity (Wildman–Crippen MR) is 64.8 cm³/mol. The molecule has 16 heavy (non-hydrogen) atoms. The van der Waals surface area contributed by atoms with Crippen molar-refractivity contribution in [2.24, 2.45) is 0 Å². The van der Waals surface area contributed by atoms with E-state index in [0.717, 1.165) is 12.0 Å². The Morgan fingerprint density at radius 2 is 2.12 bits per heavy atom. The molecule has 0 bridgehead atoms. The lowest BCUT2D eigenvalue weighted by molar-refractivity contribution is 0.266. The molecule has 0 aliphatic carbocycles. The van der Waals surface area contributed by atoms with Crippen molar-refractivity contribution >= 4 is 32.5 Å². The smallest absolute Gasteiger partial charge is 0.286 e. The highest BCUT2D eigenvalue weighted by atomic mass is 32.2. The Bertz CT molecular complexity index is 525. The molecule has 6 heteroatoms. The van der Waals surface area contributed by atoms with Crippen LogP contribution in [0, 0.1) is 0 Å². The number of amides is 1. The van der Waals surface area contributed by atoms with Gasteiger partial charge >= 0.3 is 0 Å². The Kier molecular flexibility index (Phi) is 2.94. The summed E-state index contributed by atoms with van der Waals surface area (Å²) in [5.74, 6) is 0.752. The number of hydrogen-bond donors (Lipinski definition) is 0. The number of anilines is 1. The molecule has 1 aromatic rings. The normalized spacial score (nSPS) is 16.8. The fourth-order valence-electron chi connectivity index (χ4n) is 1.51. The van der Waals surface area contributed by atoms with E-state index in [-0.39, 0.29) is 10.1 Å². The van der Waals surface area contributed by atoms with Crippen molar-refractivity contribution in [1.82, 2.24) is 0 Å². The number of hydrogen-bond acceptors (Lipinski definition) is 4. The summed E-state index contributed by atoms with van der Waals surface area (Å²) in [7, 11) is -3.22. The summed E-state index contributed by atoms with van der Waals surface area (Å²) in [5.41, 5.74) is 0.651. The van der Waals surface area contributed by atoms with Crippen LogP contribution in [-0.4, -0.2) is 32.2 Å². The van der Waals surface area contributed by atoms with Crippen LogP contribution < -0.4 is 4.90 Å². The number of sulfone groups is 1. The van der Waals surface area contributed by atoms with Gasteiger partial charge in [-0.2, -0.15) is 0 Å². The van der Waals surface area contributed by atoms with Crippen LogP contribution in [0.2, 0.25) is 0 Å². The summed E-state index contributed by atoms with van der Waals surface area (Å²) >= 11 is 1.25. The van der Waals surface area contributed by atoms with E-state index in [2.05, 4.69) is 0 Å². The zero-order valence-corrected chi connectivity index (χ0v) is 10.3. The third-order valence-corrected chi connectivity index (χ3v) is 4.28. The van der Waals surface area contributed by atoms with Gasteiger partial charge in [-0.05, 0) is 18.2 Å². The molecule has 1 fully saturated rings. The molecule has 0 atom stereocenters. The van der Waals surface area contributed by atoms with E-state index in [9.17, 15) is 13.2 Å². The quantitative estimate of drug-likeness (QED) is 0.810. The van der Waals surface area contributed by atoms with Crippen molar-refractivity contribution in [2.75, 3.05) is 23.5 Å². The molecule has 0 spiro atoms. The SMILES string of the molecule is CS(=O)(=O)c1cccc(N2CCSC2=O)c1. The number of carbonyl (C=O) groups is 1. The summed E-state index contributed by atoms with van der Waals surface area (Å²) < 4.78 is 22.7. The number of carbonyl (C=O) groups excluding carboxylic acids is 1. The van der Waals surface area contributed by atoms with E-state index in [1.165, 1.54) is 17.8 Å². The van der Waals surface area contributed by atoms with Crippen LogP contribution in [0.1, 0.15) is 0 Å². The van der Waals surface area contributed by atoms with E-state index in [1.807, 2.05) is 0 Å². The first-order valence-electron chi connectivity index (χ1n) is 4.73. The van der Waals surface area contributed by atoms with E-state index >= 15 is 0 Å². The summed E-state index contributed by atoms with van der Waals surface area (Å²) in [4.78, 5) is 13.3. The van der Waals surface area contributed by atoms with Crippen LogP contribution in [0.3, 0.4) is 0 Å². The molecule has 0 saturated carbocycles. The van der Waals surface area contributed by atoms with Gasteiger partial charge in [0.05, 0.1) is 4.90 Å². The molecule has 1 aliphatic heterocycles. The maximum atomic E-state index is 11.5. The molecule has 1 aromatic carbocycles. The molecule has 0 N–H and O–H groups in total. The Morgan fingerprint density at radius 1 is 1.38 bits per heavy atom. The Labute approximate surface area is 98.6 Å². The third kappa shape index (κ3) is 2.22. The second-order valence-corrected chi connectivity index (χ2v) is 6.60. The molecule has 1 amide bonds. The first-order valence-corrected chi connectivity index (χ1v) is 7.60. The van der Waals surface area contributed by atoms with Crippen molar-refractivity contribution in [3.05, 3.63) is 24.3 Å². The van der Waals surface area contributed by atoms with Gasteiger partial charge in [0.25, 0.3) is 5.24 Å². The highest BCUT2D eigenvalue weighted by molar-refractivity contribution is 8.14. The molecular formula is C10H11NO3S2. The number of rotatable bonds is 2. The minimum atomic E-state index is -3.22. The van der Waals surface area contributed by atoms with Crippen LogP contribution in [0.25, 0.3) is 0 Å². The molecule has 1 aliphatic rings. The van der Waals surface area contributed by atoms with Gasteiger partial charge in [0.1, 0.15) is 0 Å². The van der Waals surface area contributed by atoms with Crippen molar-refractivity contribution in [2.45, 2.75) is 4.90 Å². The van der Waals surface area contributed by atoms with Crippen LogP contribution in [0.5, 0.6) is 0 Å². The molecule has 0 radical (unpaired) electrons. The van der Waals surface area contributed by atoms with Crippen molar-refractivity contribution < 1.29 is 13.2 Å². The number of thioether (sulfide) groups is 1. The van der Waals surface area contributed by atoms with Gasteiger partial charge in [0.2, 0.25) is 0 Å². The van der Waals surface area contributed by atoms with Gasteiger partial charge in [0, 0.05) is 24.2 Å². The minimum Gasteiger partial charge on any atom is -0.302 e. The zero-order chi connectivity index (χ0) is 11.8. The maximum Gasteiger partial charge on any atom is 0.286 e. The Morgan fingerprint density at radius 3 is 2.69 bits per heavy atom. The van der Waals surface area contributed by atoms with E-state index in [0.29, 0.717) is 12.2 Å². The van der Waals surface area contributed by atoms with Crippen LogP contribution in [-0.2, 0) is 9.84 Å². The van der Waals surface area contributed by atoms with Crippen molar-refractivity contribution in [1.29, 1.82) is 0 Å². The van der Waals surface area contributed by atoms with Gasteiger partial charge in [0.15, 0.2) is 9.84 Å². The molecule has 2 rings (SSSR count). The van der Waals surface area contributed by atoms with Gasteiger partial charge in [-0.3, -0.25) is 4.79 Å². The molecule has 86 valence electrons. The largest absolute Gasteiger partial charge is 0.302 e. The maximum absolute atomic E-state index is 11.5. The highest BCUT2D eigenvalue weighted by Crippen LogP contribution is 2.26. The summed E-state index contributed by atoms with van der Waals surface area (Å²) in [6.45, 7) is 0.636. The third-order valence-electron chi connectivity index (χ3n) is 2.32. The van der Waals surface area contributed by atoms with Gasteiger partial charge in [-0.15, -0.1) is 0 Å². The van der Waals surface area contributed by atoms with Gasteiger partial charge in [-0.1, -0.05) is 17.8 Å². The zero-order valence-electron chi connectivity index (χ0n) is 8.71.